The van der Waals surface area contributed by atoms with Crippen molar-refractivity contribution in [1.29, 1.82) is 0 Å². The molecule has 96 valence electrons. The zero-order valence-electron chi connectivity index (χ0n) is 10.5. The molecule has 2 unspecified atom stereocenters. The molecule has 17 heavy (non-hydrogen) atoms. The fourth-order valence-corrected chi connectivity index (χ4v) is 2.99. The van der Waals surface area contributed by atoms with Crippen molar-refractivity contribution in [2.24, 2.45) is 0 Å². The minimum atomic E-state index is -0.704. The molecule has 0 bridgehead atoms. The fraction of sp³-hybridized carbons (Fsp3) is 0.615. The predicted molar refractivity (Wildman–Crippen MR) is 73.1 cm³/mol. The topological polar surface area (TPSA) is 49.3 Å². The van der Waals surface area contributed by atoms with E-state index in [0.29, 0.717) is 6.54 Å². The number of hydrogen-bond donors (Lipinski definition) is 2. The SMILES string of the molecule is C/C=C/C=C/C(=O)NCC1(O)CCC1SCC. The maximum absolute atomic E-state index is 11.4. The second-order valence-electron chi connectivity index (χ2n) is 4.19. The first-order chi connectivity index (χ1) is 8.12. The summed E-state index contributed by atoms with van der Waals surface area (Å²) in [5.41, 5.74) is -0.704. The third-order valence-electron chi connectivity index (χ3n) is 2.93. The van der Waals surface area contributed by atoms with Gasteiger partial charge in [-0.1, -0.05) is 25.2 Å². The summed E-state index contributed by atoms with van der Waals surface area (Å²) in [5, 5.41) is 13.3. The molecule has 2 N–H and O–H groups in total. The molecule has 0 heterocycles. The maximum Gasteiger partial charge on any atom is 0.244 e. The van der Waals surface area contributed by atoms with Crippen LogP contribution in [0.4, 0.5) is 0 Å². The van der Waals surface area contributed by atoms with Crippen molar-refractivity contribution in [3.8, 4) is 0 Å². The van der Waals surface area contributed by atoms with Crippen LogP contribution >= 0.6 is 11.8 Å². The van der Waals surface area contributed by atoms with Gasteiger partial charge in [0.25, 0.3) is 0 Å². The lowest BCUT2D eigenvalue weighted by Gasteiger charge is -2.44. The highest BCUT2D eigenvalue weighted by atomic mass is 32.2. The Hall–Kier alpha value is -0.740. The Morgan fingerprint density at radius 1 is 1.59 bits per heavy atom. The summed E-state index contributed by atoms with van der Waals surface area (Å²) in [6.07, 6.45) is 8.65. The summed E-state index contributed by atoms with van der Waals surface area (Å²) >= 11 is 1.77. The Kier molecular flexibility index (Phi) is 5.78. The monoisotopic (exact) mass is 255 g/mol. The molecule has 2 atom stereocenters. The van der Waals surface area contributed by atoms with Crippen LogP contribution in [0.2, 0.25) is 0 Å². The number of carbonyl (C=O) groups is 1. The van der Waals surface area contributed by atoms with Gasteiger partial charge in [-0.3, -0.25) is 4.79 Å². The van der Waals surface area contributed by atoms with E-state index in [1.807, 2.05) is 13.0 Å². The molecule has 1 fully saturated rings. The number of rotatable bonds is 6. The van der Waals surface area contributed by atoms with Gasteiger partial charge in [0.2, 0.25) is 5.91 Å². The number of carbonyl (C=O) groups excluding carboxylic acids is 1. The summed E-state index contributed by atoms with van der Waals surface area (Å²) in [6, 6.07) is 0. The van der Waals surface area contributed by atoms with Gasteiger partial charge in [0.15, 0.2) is 0 Å². The third-order valence-corrected chi connectivity index (χ3v) is 4.34. The first kappa shape index (κ1) is 14.3. The van der Waals surface area contributed by atoms with Crippen LogP contribution in [0.3, 0.4) is 0 Å². The molecule has 4 heteroatoms. The van der Waals surface area contributed by atoms with E-state index in [1.165, 1.54) is 6.08 Å². The fourth-order valence-electron chi connectivity index (χ4n) is 1.79. The molecule has 0 aliphatic heterocycles. The van der Waals surface area contributed by atoms with Crippen LogP contribution in [0.15, 0.2) is 24.3 Å². The minimum Gasteiger partial charge on any atom is -0.387 e. The van der Waals surface area contributed by atoms with Crippen molar-refractivity contribution in [3.63, 3.8) is 0 Å². The highest BCUT2D eigenvalue weighted by Gasteiger charge is 2.45. The zero-order valence-corrected chi connectivity index (χ0v) is 11.3. The predicted octanol–water partition coefficient (Wildman–Crippen LogP) is 1.88. The second kappa shape index (κ2) is 6.87. The van der Waals surface area contributed by atoms with Crippen LogP contribution in [-0.2, 0) is 4.79 Å². The molecule has 1 amide bonds. The van der Waals surface area contributed by atoms with E-state index < -0.39 is 5.60 Å². The molecule has 0 saturated heterocycles. The highest BCUT2D eigenvalue weighted by Crippen LogP contribution is 2.40. The van der Waals surface area contributed by atoms with E-state index in [4.69, 9.17) is 0 Å². The van der Waals surface area contributed by atoms with Crippen molar-refractivity contribution in [2.45, 2.75) is 37.5 Å². The smallest absolute Gasteiger partial charge is 0.244 e. The van der Waals surface area contributed by atoms with E-state index >= 15 is 0 Å². The number of nitrogens with one attached hydrogen (secondary N) is 1. The van der Waals surface area contributed by atoms with Crippen LogP contribution in [0, 0.1) is 0 Å². The van der Waals surface area contributed by atoms with E-state index in [0.717, 1.165) is 18.6 Å². The molecule has 1 rings (SSSR count). The lowest BCUT2D eigenvalue weighted by atomic mass is 9.79. The Bertz CT molecular complexity index is 315. The van der Waals surface area contributed by atoms with E-state index in [-0.39, 0.29) is 11.2 Å². The molecule has 0 spiro atoms. The number of allylic oxidation sites excluding steroid dienone is 3. The van der Waals surface area contributed by atoms with Crippen LogP contribution in [-0.4, -0.2) is 34.2 Å². The van der Waals surface area contributed by atoms with Gasteiger partial charge >= 0.3 is 0 Å². The summed E-state index contributed by atoms with van der Waals surface area (Å²) in [5.74, 6) is 0.853. The molecule has 1 aliphatic rings. The quantitative estimate of drug-likeness (QED) is 0.563. The Morgan fingerprint density at radius 2 is 2.35 bits per heavy atom. The average Bonchev–Trinajstić information content (AvgIpc) is 2.32. The Labute approximate surface area is 107 Å². The summed E-state index contributed by atoms with van der Waals surface area (Å²) in [4.78, 5) is 11.4. The molecule has 0 aromatic rings. The van der Waals surface area contributed by atoms with Crippen molar-refractivity contribution < 1.29 is 9.90 Å². The van der Waals surface area contributed by atoms with Crippen LogP contribution in [0.25, 0.3) is 0 Å². The van der Waals surface area contributed by atoms with Gasteiger partial charge in [-0.2, -0.15) is 11.8 Å². The molecule has 3 nitrogen and oxygen atoms in total. The van der Waals surface area contributed by atoms with Gasteiger partial charge in [-0.15, -0.1) is 0 Å². The number of thioether (sulfide) groups is 1. The van der Waals surface area contributed by atoms with Gasteiger partial charge < -0.3 is 10.4 Å². The van der Waals surface area contributed by atoms with Crippen molar-refractivity contribution in [2.75, 3.05) is 12.3 Å². The average molecular weight is 255 g/mol. The third kappa shape index (κ3) is 4.21. The number of aliphatic hydroxyl groups is 1. The largest absolute Gasteiger partial charge is 0.387 e. The Balaban J connectivity index is 2.32. The van der Waals surface area contributed by atoms with Crippen molar-refractivity contribution in [1.82, 2.24) is 5.32 Å². The maximum atomic E-state index is 11.4. The summed E-state index contributed by atoms with van der Waals surface area (Å²) in [7, 11) is 0. The van der Waals surface area contributed by atoms with Gasteiger partial charge in [0, 0.05) is 17.9 Å². The number of amides is 1. The summed E-state index contributed by atoms with van der Waals surface area (Å²) in [6.45, 7) is 4.33. The molecule has 0 aromatic heterocycles. The van der Waals surface area contributed by atoms with Crippen LogP contribution in [0.1, 0.15) is 26.7 Å². The van der Waals surface area contributed by atoms with Crippen molar-refractivity contribution in [3.05, 3.63) is 24.3 Å². The van der Waals surface area contributed by atoms with Gasteiger partial charge in [-0.05, 0) is 25.5 Å². The highest BCUT2D eigenvalue weighted by molar-refractivity contribution is 8.00. The van der Waals surface area contributed by atoms with Crippen LogP contribution in [0.5, 0.6) is 0 Å². The standard InChI is InChI=1S/C13H21NO2S/c1-3-5-6-7-12(15)14-10-13(16)9-8-11(13)17-4-2/h3,5-7,11,16H,4,8-10H2,1-2H3,(H,14,15)/b5-3+,7-6+. The normalized spacial score (nSPS) is 28.5. The second-order valence-corrected chi connectivity index (χ2v) is 5.67. The Morgan fingerprint density at radius 3 is 2.88 bits per heavy atom. The first-order valence-electron chi connectivity index (χ1n) is 6.03. The van der Waals surface area contributed by atoms with E-state index in [9.17, 15) is 9.90 Å². The van der Waals surface area contributed by atoms with Gasteiger partial charge in [0.05, 0.1) is 5.60 Å². The lowest BCUT2D eigenvalue weighted by molar-refractivity contribution is -0.118. The molecule has 1 saturated carbocycles. The molecule has 0 radical (unpaired) electrons. The van der Waals surface area contributed by atoms with E-state index in [2.05, 4.69) is 12.2 Å². The van der Waals surface area contributed by atoms with Gasteiger partial charge in [0.1, 0.15) is 0 Å². The minimum absolute atomic E-state index is 0.149. The first-order valence-corrected chi connectivity index (χ1v) is 7.08. The van der Waals surface area contributed by atoms with Crippen molar-refractivity contribution >= 4 is 17.7 Å². The van der Waals surface area contributed by atoms with E-state index in [1.54, 1.807) is 23.9 Å². The van der Waals surface area contributed by atoms with Crippen LogP contribution < -0.4 is 5.32 Å². The lowest BCUT2D eigenvalue weighted by Crippen LogP contribution is -2.56. The number of hydrogen-bond acceptors (Lipinski definition) is 3. The summed E-state index contributed by atoms with van der Waals surface area (Å²) < 4.78 is 0. The van der Waals surface area contributed by atoms with Gasteiger partial charge in [-0.25, -0.2) is 0 Å². The molecular weight excluding hydrogens is 234 g/mol. The molecule has 0 aromatic carbocycles. The zero-order chi connectivity index (χ0) is 12.7. The molecular formula is C13H21NO2S. The molecule has 1 aliphatic carbocycles.